The Balaban J connectivity index is 1.62. The van der Waals surface area contributed by atoms with Crippen LogP contribution in [-0.2, 0) is 4.79 Å². The Kier molecular flexibility index (Phi) is 5.08. The zero-order valence-electron chi connectivity index (χ0n) is 15.8. The molecule has 0 bridgehead atoms. The highest BCUT2D eigenvalue weighted by Gasteiger charge is 2.14. The molecule has 0 spiro atoms. The second-order valence-electron chi connectivity index (χ2n) is 6.55. The molecule has 1 heterocycles. The summed E-state index contributed by atoms with van der Waals surface area (Å²) in [6.45, 7) is 1.75. The molecule has 0 aliphatic carbocycles. The van der Waals surface area contributed by atoms with Crippen molar-refractivity contribution in [2.45, 2.75) is 6.92 Å². The fourth-order valence-corrected chi connectivity index (χ4v) is 3.17. The second kappa shape index (κ2) is 7.98. The van der Waals surface area contributed by atoms with Crippen LogP contribution in [0.15, 0.2) is 94.2 Å². The van der Waals surface area contributed by atoms with Crippen LogP contribution in [0.5, 0.6) is 5.75 Å². The molecule has 4 rings (SSSR count). The fourth-order valence-electron chi connectivity index (χ4n) is 3.17. The number of benzene rings is 3. The SMILES string of the molecule is Cc1oc2cc(OC(=O)C=Cc3ccccc3)ccc2c(=O)c1-c1ccccc1. The summed E-state index contributed by atoms with van der Waals surface area (Å²) in [5.74, 6) is 0.324. The molecule has 4 aromatic rings. The van der Waals surface area contributed by atoms with E-state index < -0.39 is 5.97 Å². The summed E-state index contributed by atoms with van der Waals surface area (Å²) in [5, 5.41) is 0.439. The molecule has 4 heteroatoms. The average molecular weight is 382 g/mol. The lowest BCUT2D eigenvalue weighted by atomic mass is 10.0. The van der Waals surface area contributed by atoms with Gasteiger partial charge in [0.15, 0.2) is 0 Å². The Bertz CT molecular complexity index is 1250. The molecule has 0 saturated carbocycles. The highest BCUT2D eigenvalue weighted by Crippen LogP contribution is 2.26. The number of carbonyl (C=O) groups excluding carboxylic acids is 1. The summed E-state index contributed by atoms with van der Waals surface area (Å²) in [7, 11) is 0. The van der Waals surface area contributed by atoms with Crippen molar-refractivity contribution in [2.24, 2.45) is 0 Å². The number of esters is 1. The smallest absolute Gasteiger partial charge is 0.336 e. The van der Waals surface area contributed by atoms with Crippen LogP contribution in [0.3, 0.4) is 0 Å². The number of hydrogen-bond acceptors (Lipinski definition) is 4. The van der Waals surface area contributed by atoms with Gasteiger partial charge in [0.25, 0.3) is 0 Å². The van der Waals surface area contributed by atoms with Gasteiger partial charge in [-0.3, -0.25) is 4.79 Å². The summed E-state index contributed by atoms with van der Waals surface area (Å²) in [4.78, 5) is 25.1. The zero-order chi connectivity index (χ0) is 20.2. The molecule has 29 heavy (non-hydrogen) atoms. The first kappa shape index (κ1) is 18.4. The molecule has 0 fully saturated rings. The van der Waals surface area contributed by atoms with E-state index in [1.165, 1.54) is 6.08 Å². The van der Waals surface area contributed by atoms with Gasteiger partial charge >= 0.3 is 5.97 Å². The maximum absolute atomic E-state index is 13.0. The minimum Gasteiger partial charge on any atom is -0.460 e. The van der Waals surface area contributed by atoms with Crippen LogP contribution < -0.4 is 10.2 Å². The molecular formula is C25H18O4. The third kappa shape index (κ3) is 4.01. The van der Waals surface area contributed by atoms with Gasteiger partial charge in [0.1, 0.15) is 17.1 Å². The normalized spacial score (nSPS) is 11.1. The number of ether oxygens (including phenoxy) is 1. The Morgan fingerprint density at radius 3 is 2.34 bits per heavy atom. The van der Waals surface area contributed by atoms with Crippen molar-refractivity contribution in [3.8, 4) is 16.9 Å². The number of rotatable bonds is 4. The van der Waals surface area contributed by atoms with E-state index in [1.54, 1.807) is 31.2 Å². The van der Waals surface area contributed by atoms with E-state index in [1.807, 2.05) is 60.7 Å². The van der Waals surface area contributed by atoms with E-state index in [9.17, 15) is 9.59 Å². The minimum atomic E-state index is -0.506. The molecule has 0 unspecified atom stereocenters. The van der Waals surface area contributed by atoms with E-state index in [0.29, 0.717) is 28.0 Å². The Hall–Kier alpha value is -3.92. The predicted molar refractivity (Wildman–Crippen MR) is 114 cm³/mol. The van der Waals surface area contributed by atoms with Gasteiger partial charge in [-0.1, -0.05) is 60.7 Å². The molecule has 0 saturated heterocycles. The van der Waals surface area contributed by atoms with E-state index in [4.69, 9.17) is 9.15 Å². The second-order valence-corrected chi connectivity index (χ2v) is 6.55. The molecule has 0 atom stereocenters. The Labute approximate surface area is 167 Å². The predicted octanol–water partition coefficient (Wildman–Crippen LogP) is 5.39. The maximum Gasteiger partial charge on any atom is 0.336 e. The first-order chi connectivity index (χ1) is 14.1. The highest BCUT2D eigenvalue weighted by atomic mass is 16.5. The summed E-state index contributed by atoms with van der Waals surface area (Å²) in [5.41, 5.74) is 2.51. The Morgan fingerprint density at radius 1 is 0.931 bits per heavy atom. The summed E-state index contributed by atoms with van der Waals surface area (Å²) >= 11 is 0. The van der Waals surface area contributed by atoms with Crippen LogP contribution in [-0.4, -0.2) is 5.97 Å². The molecule has 0 amide bonds. The van der Waals surface area contributed by atoms with Crippen molar-refractivity contribution in [3.05, 3.63) is 106 Å². The zero-order valence-corrected chi connectivity index (χ0v) is 15.8. The van der Waals surface area contributed by atoms with Gasteiger partial charge in [0, 0.05) is 12.1 Å². The van der Waals surface area contributed by atoms with Gasteiger partial charge in [0.2, 0.25) is 5.43 Å². The van der Waals surface area contributed by atoms with Crippen molar-refractivity contribution in [1.29, 1.82) is 0 Å². The van der Waals surface area contributed by atoms with Crippen LogP contribution in [0, 0.1) is 6.92 Å². The summed E-state index contributed by atoms with van der Waals surface area (Å²) in [6, 6.07) is 23.7. The number of fused-ring (bicyclic) bond motifs is 1. The largest absolute Gasteiger partial charge is 0.460 e. The quantitative estimate of drug-likeness (QED) is 0.270. The van der Waals surface area contributed by atoms with Gasteiger partial charge in [0.05, 0.1) is 10.9 Å². The average Bonchev–Trinajstić information content (AvgIpc) is 2.73. The van der Waals surface area contributed by atoms with Crippen molar-refractivity contribution >= 4 is 23.0 Å². The maximum atomic E-state index is 13.0. The Morgan fingerprint density at radius 2 is 1.62 bits per heavy atom. The monoisotopic (exact) mass is 382 g/mol. The lowest BCUT2D eigenvalue weighted by Gasteiger charge is -2.08. The summed E-state index contributed by atoms with van der Waals surface area (Å²) in [6.07, 6.45) is 3.04. The first-order valence-electron chi connectivity index (χ1n) is 9.19. The van der Waals surface area contributed by atoms with Gasteiger partial charge < -0.3 is 9.15 Å². The lowest BCUT2D eigenvalue weighted by molar-refractivity contribution is -0.128. The lowest BCUT2D eigenvalue weighted by Crippen LogP contribution is -2.08. The van der Waals surface area contributed by atoms with Crippen LogP contribution in [0.1, 0.15) is 11.3 Å². The van der Waals surface area contributed by atoms with E-state index in [0.717, 1.165) is 11.1 Å². The van der Waals surface area contributed by atoms with E-state index >= 15 is 0 Å². The molecule has 142 valence electrons. The standard InChI is InChI=1S/C25H18O4/c1-17-24(19-10-6-3-7-11-19)25(27)21-14-13-20(16-22(21)28-17)29-23(26)15-12-18-8-4-2-5-9-18/h2-16H,1H3. The highest BCUT2D eigenvalue weighted by molar-refractivity contribution is 5.90. The molecule has 0 radical (unpaired) electrons. The van der Waals surface area contributed by atoms with Gasteiger partial charge in [-0.05, 0) is 36.3 Å². The van der Waals surface area contributed by atoms with Crippen LogP contribution in [0.4, 0.5) is 0 Å². The molecule has 0 N–H and O–H groups in total. The third-order valence-corrected chi connectivity index (χ3v) is 4.53. The minimum absolute atomic E-state index is 0.114. The molecule has 3 aromatic carbocycles. The molecule has 0 aliphatic heterocycles. The number of carbonyl (C=O) groups is 1. The molecule has 4 nitrogen and oxygen atoms in total. The van der Waals surface area contributed by atoms with Crippen LogP contribution in [0.25, 0.3) is 28.2 Å². The summed E-state index contributed by atoms with van der Waals surface area (Å²) < 4.78 is 11.2. The molecule has 1 aromatic heterocycles. The molecular weight excluding hydrogens is 364 g/mol. The first-order valence-corrected chi connectivity index (χ1v) is 9.19. The van der Waals surface area contributed by atoms with Gasteiger partial charge in [-0.25, -0.2) is 4.79 Å². The number of hydrogen-bond donors (Lipinski definition) is 0. The number of aryl methyl sites for hydroxylation is 1. The van der Waals surface area contributed by atoms with Crippen molar-refractivity contribution < 1.29 is 13.9 Å². The van der Waals surface area contributed by atoms with Crippen LogP contribution in [0.2, 0.25) is 0 Å². The van der Waals surface area contributed by atoms with Crippen molar-refractivity contribution in [3.63, 3.8) is 0 Å². The van der Waals surface area contributed by atoms with Gasteiger partial charge in [-0.2, -0.15) is 0 Å². The van der Waals surface area contributed by atoms with Crippen molar-refractivity contribution in [1.82, 2.24) is 0 Å². The fraction of sp³-hybridized carbons (Fsp3) is 0.0400. The van der Waals surface area contributed by atoms with Crippen LogP contribution >= 0.6 is 0 Å². The van der Waals surface area contributed by atoms with E-state index in [-0.39, 0.29) is 5.43 Å². The molecule has 0 aliphatic rings. The van der Waals surface area contributed by atoms with E-state index in [2.05, 4.69) is 0 Å². The van der Waals surface area contributed by atoms with Crippen molar-refractivity contribution in [2.75, 3.05) is 0 Å². The topological polar surface area (TPSA) is 56.5 Å². The third-order valence-electron chi connectivity index (χ3n) is 4.53. The van der Waals surface area contributed by atoms with Gasteiger partial charge in [-0.15, -0.1) is 0 Å².